The first-order valence-electron chi connectivity index (χ1n) is 10.6. The molecule has 6 nitrogen and oxygen atoms in total. The van der Waals surface area contributed by atoms with Gasteiger partial charge in [0.25, 0.3) is 0 Å². The summed E-state index contributed by atoms with van der Waals surface area (Å²) in [6, 6.07) is 10.3. The van der Waals surface area contributed by atoms with Gasteiger partial charge >= 0.3 is 0 Å². The third-order valence-corrected chi connectivity index (χ3v) is 5.85. The lowest BCUT2D eigenvalue weighted by Gasteiger charge is -2.28. The number of likely N-dealkylation sites (tertiary alicyclic amines) is 1. The molecule has 1 atom stereocenters. The summed E-state index contributed by atoms with van der Waals surface area (Å²) in [5.74, 6) is 1.65. The number of aryl methyl sites for hydroxylation is 2. The number of hydrogen-bond acceptors (Lipinski definition) is 5. The summed E-state index contributed by atoms with van der Waals surface area (Å²) in [4.78, 5) is 2.55. The number of nitrogens with zero attached hydrogens (tertiary/aromatic N) is 4. The van der Waals surface area contributed by atoms with Gasteiger partial charge in [-0.3, -0.25) is 9.58 Å². The first kappa shape index (κ1) is 19.7. The molecule has 1 aromatic carbocycles. The van der Waals surface area contributed by atoms with Crippen LogP contribution in [0, 0.1) is 6.92 Å². The van der Waals surface area contributed by atoms with E-state index in [0.29, 0.717) is 0 Å². The summed E-state index contributed by atoms with van der Waals surface area (Å²) in [5.41, 5.74) is 4.47. The van der Waals surface area contributed by atoms with Crippen LogP contribution in [0.2, 0.25) is 0 Å². The van der Waals surface area contributed by atoms with E-state index in [-0.39, 0.29) is 6.04 Å². The zero-order chi connectivity index (χ0) is 20.2. The summed E-state index contributed by atoms with van der Waals surface area (Å²) in [7, 11) is 1.67. The molecule has 6 heteroatoms. The van der Waals surface area contributed by atoms with E-state index in [4.69, 9.17) is 9.26 Å². The van der Waals surface area contributed by atoms with Crippen molar-refractivity contribution in [3.63, 3.8) is 0 Å². The number of rotatable bonds is 6. The molecule has 0 saturated carbocycles. The highest BCUT2D eigenvalue weighted by atomic mass is 16.5. The molecule has 0 bridgehead atoms. The molecule has 3 heterocycles. The summed E-state index contributed by atoms with van der Waals surface area (Å²) in [6.07, 6.45) is 7.00. The Labute approximate surface area is 172 Å². The number of hydrogen-bond donors (Lipinski definition) is 0. The molecule has 0 amide bonds. The van der Waals surface area contributed by atoms with Crippen molar-refractivity contribution in [2.24, 2.45) is 0 Å². The molecule has 1 aliphatic rings. The maximum atomic E-state index is 5.73. The van der Waals surface area contributed by atoms with Gasteiger partial charge in [-0.25, -0.2) is 0 Å². The van der Waals surface area contributed by atoms with Crippen molar-refractivity contribution in [1.82, 2.24) is 19.8 Å². The Morgan fingerprint density at radius 1 is 1.17 bits per heavy atom. The lowest BCUT2D eigenvalue weighted by molar-refractivity contribution is 0.183. The molecule has 154 valence electrons. The number of aromatic nitrogens is 3. The highest BCUT2D eigenvalue weighted by Gasteiger charge is 2.27. The molecule has 2 aromatic heterocycles. The predicted molar refractivity (Wildman–Crippen MR) is 113 cm³/mol. The van der Waals surface area contributed by atoms with Crippen molar-refractivity contribution in [3.8, 4) is 17.1 Å². The van der Waals surface area contributed by atoms with Gasteiger partial charge in [0.1, 0.15) is 11.4 Å². The van der Waals surface area contributed by atoms with Crippen LogP contribution < -0.4 is 4.74 Å². The molecule has 0 aliphatic carbocycles. The first-order valence-corrected chi connectivity index (χ1v) is 10.6. The van der Waals surface area contributed by atoms with Gasteiger partial charge in [-0.05, 0) is 57.5 Å². The normalized spacial score (nSPS) is 18.0. The summed E-state index contributed by atoms with van der Waals surface area (Å²) >= 11 is 0. The van der Waals surface area contributed by atoms with Crippen LogP contribution in [0.15, 0.2) is 41.1 Å². The fraction of sp³-hybridized carbons (Fsp3) is 0.478. The molecule has 0 N–H and O–H groups in total. The molecule has 3 aromatic rings. The average Bonchev–Trinajstić information content (AvgIpc) is 3.30. The average molecular weight is 395 g/mol. The highest BCUT2D eigenvalue weighted by Crippen LogP contribution is 2.33. The zero-order valence-electron chi connectivity index (χ0n) is 17.6. The monoisotopic (exact) mass is 394 g/mol. The van der Waals surface area contributed by atoms with Crippen LogP contribution in [-0.4, -0.2) is 33.5 Å². The molecule has 1 aliphatic heterocycles. The molecule has 1 unspecified atom stereocenters. The lowest BCUT2D eigenvalue weighted by Crippen LogP contribution is -2.28. The largest absolute Gasteiger partial charge is 0.497 e. The molecular formula is C23H30N4O2. The SMILES string of the molecule is CCn1cc(CN2CCCCCC2c2cc(-c3ccc(OC)cc3)on2)c(C)n1. The van der Waals surface area contributed by atoms with Gasteiger partial charge in [0.05, 0.1) is 18.8 Å². The van der Waals surface area contributed by atoms with Crippen molar-refractivity contribution < 1.29 is 9.26 Å². The molecule has 1 fully saturated rings. The third kappa shape index (κ3) is 4.37. The minimum absolute atomic E-state index is 0.276. The van der Waals surface area contributed by atoms with Crippen LogP contribution >= 0.6 is 0 Å². The van der Waals surface area contributed by atoms with Crippen LogP contribution in [-0.2, 0) is 13.1 Å². The van der Waals surface area contributed by atoms with E-state index < -0.39 is 0 Å². The number of ether oxygens (including phenoxy) is 1. The maximum absolute atomic E-state index is 5.73. The van der Waals surface area contributed by atoms with Crippen LogP contribution in [0.25, 0.3) is 11.3 Å². The maximum Gasteiger partial charge on any atom is 0.167 e. The van der Waals surface area contributed by atoms with E-state index in [2.05, 4.69) is 41.3 Å². The number of methoxy groups -OCH3 is 1. The lowest BCUT2D eigenvalue weighted by atomic mass is 10.0. The first-order chi connectivity index (χ1) is 14.2. The summed E-state index contributed by atoms with van der Waals surface area (Å²) in [6.45, 7) is 7.11. The predicted octanol–water partition coefficient (Wildman–Crippen LogP) is 4.99. The van der Waals surface area contributed by atoms with Gasteiger partial charge in [0.2, 0.25) is 0 Å². The Bertz CT molecular complexity index is 929. The molecule has 1 saturated heterocycles. The van der Waals surface area contributed by atoms with Crippen LogP contribution in [0.1, 0.15) is 55.6 Å². The second-order valence-electron chi connectivity index (χ2n) is 7.78. The van der Waals surface area contributed by atoms with Gasteiger partial charge in [-0.2, -0.15) is 5.10 Å². The summed E-state index contributed by atoms with van der Waals surface area (Å²) in [5, 5.41) is 9.09. The summed E-state index contributed by atoms with van der Waals surface area (Å²) < 4.78 is 13.0. The Hall–Kier alpha value is -2.60. The van der Waals surface area contributed by atoms with Crippen LogP contribution in [0.3, 0.4) is 0 Å². The molecule has 4 rings (SSSR count). The molecule has 0 spiro atoms. The van der Waals surface area contributed by atoms with Gasteiger partial charge in [-0.1, -0.05) is 18.0 Å². The number of benzene rings is 1. The molecule has 0 radical (unpaired) electrons. The van der Waals surface area contributed by atoms with E-state index in [9.17, 15) is 0 Å². The fourth-order valence-electron chi connectivity index (χ4n) is 4.12. The van der Waals surface area contributed by atoms with Gasteiger partial charge in [-0.15, -0.1) is 0 Å². The van der Waals surface area contributed by atoms with Crippen LogP contribution in [0.4, 0.5) is 0 Å². The second-order valence-corrected chi connectivity index (χ2v) is 7.78. The van der Waals surface area contributed by atoms with E-state index in [1.54, 1.807) is 7.11 Å². The Morgan fingerprint density at radius 3 is 2.72 bits per heavy atom. The van der Waals surface area contributed by atoms with Crippen molar-refractivity contribution in [3.05, 3.63) is 53.5 Å². The quantitative estimate of drug-likeness (QED) is 0.589. The fourth-order valence-corrected chi connectivity index (χ4v) is 4.12. The van der Waals surface area contributed by atoms with Crippen molar-refractivity contribution in [1.29, 1.82) is 0 Å². The van der Waals surface area contributed by atoms with Crippen molar-refractivity contribution in [2.75, 3.05) is 13.7 Å². The minimum Gasteiger partial charge on any atom is -0.497 e. The highest BCUT2D eigenvalue weighted by molar-refractivity contribution is 5.58. The Balaban J connectivity index is 1.57. The third-order valence-electron chi connectivity index (χ3n) is 5.85. The van der Waals surface area contributed by atoms with Crippen molar-refractivity contribution >= 4 is 0 Å². The van der Waals surface area contributed by atoms with E-state index >= 15 is 0 Å². The smallest absolute Gasteiger partial charge is 0.167 e. The zero-order valence-corrected chi connectivity index (χ0v) is 17.6. The van der Waals surface area contributed by atoms with E-state index in [1.807, 2.05) is 28.9 Å². The molecular weight excluding hydrogens is 364 g/mol. The van der Waals surface area contributed by atoms with Gasteiger partial charge in [0.15, 0.2) is 5.76 Å². The van der Waals surface area contributed by atoms with Gasteiger partial charge < -0.3 is 9.26 Å². The Morgan fingerprint density at radius 2 is 2.00 bits per heavy atom. The standard InChI is InChI=1S/C23H30N4O2/c1-4-27-16-19(17(2)24-27)15-26-13-7-5-6-8-22(26)21-14-23(29-25-21)18-9-11-20(28-3)12-10-18/h9-12,14,16,22H,4-8,13,15H2,1-3H3. The Kier molecular flexibility index (Phi) is 6.00. The second kappa shape index (κ2) is 8.82. The van der Waals surface area contributed by atoms with E-state index in [1.165, 1.54) is 24.8 Å². The van der Waals surface area contributed by atoms with E-state index in [0.717, 1.165) is 54.5 Å². The van der Waals surface area contributed by atoms with Crippen molar-refractivity contribution in [2.45, 2.75) is 58.7 Å². The molecule has 29 heavy (non-hydrogen) atoms. The van der Waals surface area contributed by atoms with Crippen LogP contribution in [0.5, 0.6) is 5.75 Å². The minimum atomic E-state index is 0.276. The van der Waals surface area contributed by atoms with Gasteiger partial charge in [0, 0.05) is 36.5 Å². The topological polar surface area (TPSA) is 56.3 Å².